The number of benzene rings is 3. The van der Waals surface area contributed by atoms with E-state index in [2.05, 4.69) is 51.5 Å². The lowest BCUT2D eigenvalue weighted by atomic mass is 10.0. The summed E-state index contributed by atoms with van der Waals surface area (Å²) < 4.78 is 5.50. The highest BCUT2D eigenvalue weighted by Gasteiger charge is 2.25. The number of rotatable bonds is 5. The van der Waals surface area contributed by atoms with E-state index in [1.54, 1.807) is 23.2 Å². The summed E-state index contributed by atoms with van der Waals surface area (Å²) in [6.07, 6.45) is 1.40. The Kier molecular flexibility index (Phi) is 6.03. The number of amides is 1. The molecule has 0 spiro atoms. The normalized spacial score (nSPS) is 15.1. The van der Waals surface area contributed by atoms with Crippen LogP contribution in [0.3, 0.4) is 0 Å². The second-order valence-corrected chi connectivity index (χ2v) is 8.99. The minimum Gasteiger partial charge on any atom is -0.410 e. The Bertz CT molecular complexity index is 1370. The van der Waals surface area contributed by atoms with Crippen molar-refractivity contribution in [1.29, 1.82) is 0 Å². The predicted molar refractivity (Wildman–Crippen MR) is 138 cm³/mol. The van der Waals surface area contributed by atoms with E-state index in [0.29, 0.717) is 30.6 Å². The Balaban J connectivity index is 1.14. The topological polar surface area (TPSA) is 91.4 Å². The lowest BCUT2D eigenvalue weighted by Gasteiger charge is -2.14. The fourth-order valence-electron chi connectivity index (χ4n) is 4.57. The lowest BCUT2D eigenvalue weighted by Crippen LogP contribution is -2.28. The summed E-state index contributed by atoms with van der Waals surface area (Å²) >= 11 is 0. The number of hydrogen-bond acceptors (Lipinski definition) is 7. The second-order valence-electron chi connectivity index (χ2n) is 8.99. The molecule has 36 heavy (non-hydrogen) atoms. The van der Waals surface area contributed by atoms with Gasteiger partial charge in [-0.2, -0.15) is 0 Å². The number of aromatic nitrogens is 2. The minimum atomic E-state index is -0.354. The molecule has 4 aromatic rings. The molecule has 3 heterocycles. The van der Waals surface area contributed by atoms with E-state index in [1.165, 1.54) is 5.56 Å². The summed E-state index contributed by atoms with van der Waals surface area (Å²) in [5.41, 5.74) is 11.7. The Morgan fingerprint density at radius 3 is 2.50 bits per heavy atom. The number of nitrogens with one attached hydrogen (secondary N) is 3. The van der Waals surface area contributed by atoms with Crippen LogP contribution in [0, 0.1) is 0 Å². The summed E-state index contributed by atoms with van der Waals surface area (Å²) in [5.74, 6) is 2.39. The van der Waals surface area contributed by atoms with Crippen molar-refractivity contribution >= 4 is 17.6 Å². The van der Waals surface area contributed by atoms with Crippen LogP contribution < -0.4 is 20.9 Å². The molecule has 0 saturated carbocycles. The van der Waals surface area contributed by atoms with Crippen molar-refractivity contribution in [3.8, 4) is 17.1 Å². The minimum absolute atomic E-state index is 0.354. The standard InChI is InChI=1S/C28H26N6O2/c35-28(36-25-4-2-1-3-5-25)34-17-21-7-6-20(14-22(21)18-34)27-29-13-12-26(33-27)32-24-10-8-19(9-11-24)23-15-30-31-16-23/h1-14,23,30-31H,15-18H2,(H,29,32,33). The largest absolute Gasteiger partial charge is 0.415 e. The Labute approximate surface area is 209 Å². The monoisotopic (exact) mass is 478 g/mol. The quantitative estimate of drug-likeness (QED) is 0.386. The highest BCUT2D eigenvalue weighted by molar-refractivity contribution is 5.72. The Hall–Kier alpha value is -4.27. The molecule has 0 aliphatic carbocycles. The zero-order chi connectivity index (χ0) is 24.3. The molecule has 1 saturated heterocycles. The molecular weight excluding hydrogens is 452 g/mol. The van der Waals surface area contributed by atoms with Gasteiger partial charge in [-0.3, -0.25) is 15.8 Å². The first-order chi connectivity index (χ1) is 17.7. The third-order valence-corrected chi connectivity index (χ3v) is 6.53. The van der Waals surface area contributed by atoms with Crippen molar-refractivity contribution in [2.75, 3.05) is 18.4 Å². The van der Waals surface area contributed by atoms with Gasteiger partial charge in [-0.15, -0.1) is 0 Å². The van der Waals surface area contributed by atoms with E-state index in [9.17, 15) is 4.79 Å². The molecule has 3 N–H and O–H groups in total. The average molecular weight is 479 g/mol. The maximum atomic E-state index is 12.6. The molecule has 0 bridgehead atoms. The van der Waals surface area contributed by atoms with Crippen molar-refractivity contribution in [1.82, 2.24) is 25.7 Å². The fourth-order valence-corrected chi connectivity index (χ4v) is 4.57. The van der Waals surface area contributed by atoms with Crippen LogP contribution in [-0.4, -0.2) is 34.1 Å². The van der Waals surface area contributed by atoms with Crippen LogP contribution in [0.5, 0.6) is 5.75 Å². The van der Waals surface area contributed by atoms with Crippen molar-refractivity contribution in [2.24, 2.45) is 0 Å². The maximum Gasteiger partial charge on any atom is 0.415 e. The summed E-state index contributed by atoms with van der Waals surface area (Å²) in [6, 6.07) is 25.5. The van der Waals surface area contributed by atoms with E-state index in [1.807, 2.05) is 36.4 Å². The first-order valence-electron chi connectivity index (χ1n) is 12.0. The van der Waals surface area contributed by atoms with Gasteiger partial charge in [0.05, 0.1) is 0 Å². The molecular formula is C28H26N6O2. The first-order valence-corrected chi connectivity index (χ1v) is 12.0. The smallest absolute Gasteiger partial charge is 0.410 e. The van der Waals surface area contributed by atoms with Crippen LogP contribution >= 0.6 is 0 Å². The van der Waals surface area contributed by atoms with Gasteiger partial charge in [0.25, 0.3) is 0 Å². The van der Waals surface area contributed by atoms with E-state index in [0.717, 1.165) is 41.3 Å². The van der Waals surface area contributed by atoms with E-state index >= 15 is 0 Å². The van der Waals surface area contributed by atoms with Crippen molar-refractivity contribution < 1.29 is 9.53 Å². The number of carbonyl (C=O) groups excluding carboxylic acids is 1. The molecule has 0 radical (unpaired) electrons. The van der Waals surface area contributed by atoms with Crippen LogP contribution in [0.1, 0.15) is 22.6 Å². The third-order valence-electron chi connectivity index (χ3n) is 6.53. The molecule has 1 amide bonds. The van der Waals surface area contributed by atoms with Crippen LogP contribution in [0.2, 0.25) is 0 Å². The highest BCUT2D eigenvalue weighted by Crippen LogP contribution is 2.29. The molecule has 0 unspecified atom stereocenters. The van der Waals surface area contributed by atoms with Gasteiger partial charge in [0.2, 0.25) is 0 Å². The fraction of sp³-hybridized carbons (Fsp3) is 0.179. The van der Waals surface area contributed by atoms with Gasteiger partial charge in [-0.05, 0) is 53.1 Å². The summed E-state index contributed by atoms with van der Waals surface area (Å²) in [6.45, 7) is 2.89. The van der Waals surface area contributed by atoms with E-state index in [-0.39, 0.29) is 6.09 Å². The molecule has 6 rings (SSSR count). The summed E-state index contributed by atoms with van der Waals surface area (Å²) in [4.78, 5) is 23.5. The zero-order valence-corrected chi connectivity index (χ0v) is 19.6. The highest BCUT2D eigenvalue weighted by atomic mass is 16.6. The molecule has 2 aliphatic rings. The van der Waals surface area contributed by atoms with Gasteiger partial charge in [0.1, 0.15) is 11.6 Å². The molecule has 8 heteroatoms. The van der Waals surface area contributed by atoms with Crippen LogP contribution in [0.25, 0.3) is 11.4 Å². The second kappa shape index (κ2) is 9.77. The summed E-state index contributed by atoms with van der Waals surface area (Å²) in [7, 11) is 0. The van der Waals surface area contributed by atoms with Crippen molar-refractivity contribution in [3.63, 3.8) is 0 Å². The number of nitrogens with zero attached hydrogens (tertiary/aromatic N) is 3. The van der Waals surface area contributed by atoms with Crippen molar-refractivity contribution in [3.05, 3.63) is 102 Å². The molecule has 1 aromatic heterocycles. The molecule has 0 atom stereocenters. The number of hydrogen-bond donors (Lipinski definition) is 3. The third kappa shape index (κ3) is 4.77. The van der Waals surface area contributed by atoms with Crippen LogP contribution in [0.15, 0.2) is 85.1 Å². The van der Waals surface area contributed by atoms with Gasteiger partial charge in [0, 0.05) is 49.5 Å². The number of para-hydroxylation sites is 1. The number of fused-ring (bicyclic) bond motifs is 1. The van der Waals surface area contributed by atoms with Crippen LogP contribution in [-0.2, 0) is 13.1 Å². The van der Waals surface area contributed by atoms with Gasteiger partial charge >= 0.3 is 6.09 Å². The maximum absolute atomic E-state index is 12.6. The molecule has 2 aliphatic heterocycles. The molecule has 8 nitrogen and oxygen atoms in total. The first kappa shape index (κ1) is 22.2. The van der Waals surface area contributed by atoms with E-state index < -0.39 is 0 Å². The zero-order valence-electron chi connectivity index (χ0n) is 19.6. The number of carbonyl (C=O) groups is 1. The number of hydrazine groups is 1. The van der Waals surface area contributed by atoms with Gasteiger partial charge in [-0.25, -0.2) is 14.8 Å². The molecule has 1 fully saturated rings. The predicted octanol–water partition coefficient (Wildman–Crippen LogP) is 4.59. The number of ether oxygens (including phenoxy) is 1. The van der Waals surface area contributed by atoms with Crippen LogP contribution in [0.4, 0.5) is 16.3 Å². The number of anilines is 2. The van der Waals surface area contributed by atoms with Gasteiger partial charge in [0.15, 0.2) is 5.82 Å². The summed E-state index contributed by atoms with van der Waals surface area (Å²) in [5, 5.41) is 3.38. The Morgan fingerprint density at radius 2 is 1.69 bits per heavy atom. The molecule has 180 valence electrons. The van der Waals surface area contributed by atoms with Gasteiger partial charge in [-0.1, -0.05) is 42.5 Å². The average Bonchev–Trinajstić information content (AvgIpc) is 3.60. The SMILES string of the molecule is O=C(Oc1ccccc1)N1Cc2ccc(-c3nccc(Nc4ccc(C5CNNC5)cc4)n3)cc2C1. The lowest BCUT2D eigenvalue weighted by molar-refractivity contribution is 0.152. The van der Waals surface area contributed by atoms with Crippen molar-refractivity contribution in [2.45, 2.75) is 19.0 Å². The van der Waals surface area contributed by atoms with Gasteiger partial charge < -0.3 is 10.1 Å². The molecule has 3 aromatic carbocycles. The van der Waals surface area contributed by atoms with E-state index in [4.69, 9.17) is 9.72 Å². The Morgan fingerprint density at radius 1 is 0.917 bits per heavy atom.